The second-order valence-corrected chi connectivity index (χ2v) is 10.2. The minimum Gasteiger partial charge on any atom is -0.497 e. The second-order valence-electron chi connectivity index (χ2n) is 9.24. The minimum absolute atomic E-state index is 0.0146. The Bertz CT molecular complexity index is 1240. The van der Waals surface area contributed by atoms with Crippen LogP contribution in [-0.2, 0) is 4.79 Å². The van der Waals surface area contributed by atoms with E-state index in [9.17, 15) is 19.2 Å². The van der Waals surface area contributed by atoms with Gasteiger partial charge in [-0.2, -0.15) is 5.26 Å². The Hall–Kier alpha value is -3.37. The second kappa shape index (κ2) is 9.47. The summed E-state index contributed by atoms with van der Waals surface area (Å²) in [7, 11) is 1.56. The Balaban J connectivity index is 1.68. The van der Waals surface area contributed by atoms with Gasteiger partial charge in [0, 0.05) is 23.3 Å². The van der Waals surface area contributed by atoms with Crippen LogP contribution >= 0.6 is 11.8 Å². The molecule has 0 fully saturated rings. The van der Waals surface area contributed by atoms with E-state index in [1.165, 1.54) is 23.9 Å². The van der Waals surface area contributed by atoms with Crippen LogP contribution in [0.5, 0.6) is 5.75 Å². The minimum atomic E-state index is -0.593. The van der Waals surface area contributed by atoms with Gasteiger partial charge in [-0.3, -0.25) is 9.59 Å². The molecule has 1 N–H and O–H groups in total. The van der Waals surface area contributed by atoms with Crippen LogP contribution in [0.2, 0.25) is 0 Å². The van der Waals surface area contributed by atoms with Crippen molar-refractivity contribution in [1.29, 1.82) is 5.26 Å². The van der Waals surface area contributed by atoms with E-state index in [2.05, 4.69) is 11.4 Å². The highest BCUT2D eigenvalue weighted by atomic mass is 32.2. The highest BCUT2D eigenvalue weighted by Gasteiger charge is 2.41. The van der Waals surface area contributed by atoms with E-state index in [1.54, 1.807) is 43.5 Å². The number of benzene rings is 2. The molecule has 4 rings (SSSR count). The van der Waals surface area contributed by atoms with Crippen LogP contribution in [0.15, 0.2) is 70.4 Å². The maximum atomic E-state index is 13.6. The summed E-state index contributed by atoms with van der Waals surface area (Å²) in [4.78, 5) is 26.0. The quantitative estimate of drug-likeness (QED) is 0.554. The van der Waals surface area contributed by atoms with Gasteiger partial charge in [-0.1, -0.05) is 37.7 Å². The number of hydrogen-bond donors (Lipinski definition) is 1. The molecule has 0 bridgehead atoms. The van der Waals surface area contributed by atoms with Crippen molar-refractivity contribution in [2.75, 3.05) is 12.9 Å². The average Bonchev–Trinajstić information content (AvgIpc) is 2.81. The smallest absolute Gasteiger partial charge is 0.173 e. The molecule has 1 aliphatic heterocycles. The fourth-order valence-corrected chi connectivity index (χ4v) is 5.43. The maximum absolute atomic E-state index is 13.6. The molecule has 34 heavy (non-hydrogen) atoms. The predicted octanol–water partition coefficient (Wildman–Crippen LogP) is 5.52. The van der Waals surface area contributed by atoms with Gasteiger partial charge in [-0.15, -0.1) is 0 Å². The third-order valence-electron chi connectivity index (χ3n) is 6.09. The van der Waals surface area contributed by atoms with E-state index in [4.69, 9.17) is 4.74 Å². The molecule has 0 spiro atoms. The summed E-state index contributed by atoms with van der Waals surface area (Å²) >= 11 is 1.25. The number of thioether (sulfide) groups is 1. The average molecular weight is 477 g/mol. The Morgan fingerprint density at radius 2 is 1.85 bits per heavy atom. The number of methoxy groups -OCH3 is 1. The number of carbonyl (C=O) groups excluding carboxylic acids is 2. The molecule has 0 aromatic heterocycles. The van der Waals surface area contributed by atoms with Crippen molar-refractivity contribution in [2.24, 2.45) is 5.41 Å². The fraction of sp³-hybridized carbons (Fsp3) is 0.296. The zero-order valence-electron chi connectivity index (χ0n) is 19.3. The first-order valence-corrected chi connectivity index (χ1v) is 11.9. The van der Waals surface area contributed by atoms with Crippen LogP contribution in [0.3, 0.4) is 0 Å². The maximum Gasteiger partial charge on any atom is 0.173 e. The third-order valence-corrected chi connectivity index (χ3v) is 7.11. The number of rotatable bonds is 6. The summed E-state index contributed by atoms with van der Waals surface area (Å²) in [5, 5.41) is 14.0. The van der Waals surface area contributed by atoms with E-state index in [-0.39, 0.29) is 28.6 Å². The number of hydrogen-bond acceptors (Lipinski definition) is 6. The van der Waals surface area contributed by atoms with Crippen LogP contribution in [0.4, 0.5) is 4.39 Å². The van der Waals surface area contributed by atoms with E-state index >= 15 is 0 Å². The van der Waals surface area contributed by atoms with Crippen molar-refractivity contribution in [2.45, 2.75) is 32.6 Å². The summed E-state index contributed by atoms with van der Waals surface area (Å²) in [5.74, 6) is -0.291. The highest BCUT2D eigenvalue weighted by molar-refractivity contribution is 8.03. The zero-order chi connectivity index (χ0) is 24.5. The first kappa shape index (κ1) is 23.8. The Kier molecular flexibility index (Phi) is 6.63. The lowest BCUT2D eigenvalue weighted by Crippen LogP contribution is -2.37. The lowest BCUT2D eigenvalue weighted by Gasteiger charge is -2.39. The Morgan fingerprint density at radius 1 is 1.18 bits per heavy atom. The van der Waals surface area contributed by atoms with Crippen LogP contribution < -0.4 is 10.1 Å². The molecule has 1 atom stereocenters. The fourth-order valence-electron chi connectivity index (χ4n) is 4.48. The number of Topliss-reactive ketones (excluding diaryl/α,β-unsaturated/α-hetero) is 2. The first-order chi connectivity index (χ1) is 16.2. The van der Waals surface area contributed by atoms with Gasteiger partial charge >= 0.3 is 0 Å². The molecule has 2 aromatic rings. The Labute approximate surface area is 202 Å². The number of nitriles is 1. The van der Waals surface area contributed by atoms with Crippen LogP contribution in [-0.4, -0.2) is 24.4 Å². The number of nitrogens with zero attached hydrogens (tertiary/aromatic N) is 1. The molecule has 0 saturated heterocycles. The van der Waals surface area contributed by atoms with Crippen molar-refractivity contribution in [3.05, 3.63) is 87.3 Å². The van der Waals surface area contributed by atoms with Crippen molar-refractivity contribution < 1.29 is 18.7 Å². The van der Waals surface area contributed by atoms with Gasteiger partial charge in [0.2, 0.25) is 0 Å². The van der Waals surface area contributed by atoms with E-state index in [1.807, 2.05) is 13.8 Å². The molecule has 2 aliphatic rings. The molecule has 7 heteroatoms. The van der Waals surface area contributed by atoms with E-state index < -0.39 is 5.92 Å². The van der Waals surface area contributed by atoms with Gasteiger partial charge in [0.05, 0.1) is 35.5 Å². The summed E-state index contributed by atoms with van der Waals surface area (Å²) in [5.41, 5.74) is 2.70. The number of nitrogens with one attached hydrogen (secondary N) is 1. The van der Waals surface area contributed by atoms with Gasteiger partial charge in [0.15, 0.2) is 11.6 Å². The molecule has 0 amide bonds. The normalized spacial score (nSPS) is 19.3. The number of dihydropyridines is 1. The van der Waals surface area contributed by atoms with Crippen LogP contribution in [0, 0.1) is 22.6 Å². The van der Waals surface area contributed by atoms with Crippen LogP contribution in [0.1, 0.15) is 48.5 Å². The summed E-state index contributed by atoms with van der Waals surface area (Å²) in [6.45, 7) is 4.07. The van der Waals surface area contributed by atoms with Crippen LogP contribution in [0.25, 0.3) is 0 Å². The molecule has 1 aliphatic carbocycles. The summed E-state index contributed by atoms with van der Waals surface area (Å²) in [6.07, 6.45) is 1.02. The SMILES string of the molecule is COc1ccc(C(=O)CSC2=C(C#N)[C@H](c3ccc(F)cc3)C3=C(CC(C)(C)CC3=O)N2)cc1. The lowest BCUT2D eigenvalue weighted by molar-refractivity contribution is -0.118. The number of ether oxygens (including phenoxy) is 1. The summed E-state index contributed by atoms with van der Waals surface area (Å²) in [6, 6.07) is 15.0. The Morgan fingerprint density at radius 3 is 2.47 bits per heavy atom. The van der Waals surface area contributed by atoms with Crippen molar-refractivity contribution in [1.82, 2.24) is 5.32 Å². The monoisotopic (exact) mass is 476 g/mol. The number of allylic oxidation sites excluding steroid dienone is 3. The van der Waals surface area contributed by atoms with Crippen molar-refractivity contribution in [3.8, 4) is 11.8 Å². The van der Waals surface area contributed by atoms with Crippen molar-refractivity contribution in [3.63, 3.8) is 0 Å². The number of carbonyl (C=O) groups is 2. The van der Waals surface area contributed by atoms with Gasteiger partial charge in [-0.05, 0) is 53.8 Å². The van der Waals surface area contributed by atoms with E-state index in [0.29, 0.717) is 45.9 Å². The molecule has 174 valence electrons. The molecule has 2 aromatic carbocycles. The van der Waals surface area contributed by atoms with Gasteiger partial charge in [0.1, 0.15) is 11.6 Å². The molecule has 5 nitrogen and oxygen atoms in total. The molecular formula is C27H25FN2O3S. The van der Waals surface area contributed by atoms with Crippen molar-refractivity contribution >= 4 is 23.3 Å². The lowest BCUT2D eigenvalue weighted by atomic mass is 9.69. The molecular weight excluding hydrogens is 451 g/mol. The van der Waals surface area contributed by atoms with Gasteiger partial charge < -0.3 is 10.1 Å². The topological polar surface area (TPSA) is 79.2 Å². The number of halogens is 1. The van der Waals surface area contributed by atoms with Gasteiger partial charge in [-0.25, -0.2) is 4.39 Å². The predicted molar refractivity (Wildman–Crippen MR) is 130 cm³/mol. The summed E-state index contributed by atoms with van der Waals surface area (Å²) < 4.78 is 18.8. The third kappa shape index (κ3) is 4.78. The largest absolute Gasteiger partial charge is 0.497 e. The highest BCUT2D eigenvalue weighted by Crippen LogP contribution is 2.47. The molecule has 1 heterocycles. The zero-order valence-corrected chi connectivity index (χ0v) is 20.1. The first-order valence-electron chi connectivity index (χ1n) is 11.0. The van der Waals surface area contributed by atoms with E-state index in [0.717, 1.165) is 5.70 Å². The standard InChI is InChI=1S/C27H25FN2O3S/c1-27(2)12-21-25(22(31)13-27)24(17-4-8-18(28)9-5-17)20(14-29)26(30-21)34-15-23(32)16-6-10-19(33-3)11-7-16/h4-11,24,30H,12-13,15H2,1-3H3/t24-/m0/s1. The molecule has 0 unspecified atom stereocenters. The molecule has 0 saturated carbocycles. The van der Waals surface area contributed by atoms with Gasteiger partial charge in [0.25, 0.3) is 0 Å². The number of ketones is 2. The molecule has 0 radical (unpaired) electrons.